The number of hydrogen-bond acceptors (Lipinski definition) is 7. The van der Waals surface area contributed by atoms with Gasteiger partial charge in [0, 0.05) is 42.5 Å². The van der Waals surface area contributed by atoms with E-state index in [0.29, 0.717) is 33.9 Å². The molecule has 2 N–H and O–H groups in total. The number of halogens is 1. The van der Waals surface area contributed by atoms with Crippen LogP contribution in [0.15, 0.2) is 59.8 Å². The van der Waals surface area contributed by atoms with Gasteiger partial charge < -0.3 is 10.1 Å². The van der Waals surface area contributed by atoms with E-state index in [9.17, 15) is 4.79 Å². The molecule has 4 aromatic rings. The predicted octanol–water partition coefficient (Wildman–Crippen LogP) is 5.42. The van der Waals surface area contributed by atoms with Crippen molar-refractivity contribution in [2.24, 2.45) is 7.05 Å². The van der Waals surface area contributed by atoms with Gasteiger partial charge in [-0.15, -0.1) is 0 Å². The van der Waals surface area contributed by atoms with E-state index in [0.717, 1.165) is 21.6 Å². The van der Waals surface area contributed by atoms with Gasteiger partial charge in [0.05, 0.1) is 16.8 Å². The van der Waals surface area contributed by atoms with Gasteiger partial charge in [0.25, 0.3) is 5.91 Å². The maximum absolute atomic E-state index is 12.1. The van der Waals surface area contributed by atoms with Gasteiger partial charge in [0.15, 0.2) is 0 Å². The van der Waals surface area contributed by atoms with Gasteiger partial charge in [-0.3, -0.25) is 14.2 Å². The Morgan fingerprint density at radius 2 is 1.88 bits per heavy atom. The lowest BCUT2D eigenvalue weighted by molar-refractivity contribution is 0.0962. The monoisotopic (exact) mass is 494 g/mol. The molecule has 2 heterocycles. The molecule has 0 spiro atoms. The molecule has 10 heteroatoms. The van der Waals surface area contributed by atoms with Crippen LogP contribution in [-0.4, -0.2) is 32.7 Å². The summed E-state index contributed by atoms with van der Waals surface area (Å²) >= 11 is 7.57. The number of carbonyl (C=O) groups excluding carboxylic acids is 1. The lowest BCUT2D eigenvalue weighted by atomic mass is 10.00. The van der Waals surface area contributed by atoms with Crippen LogP contribution in [0.1, 0.15) is 21.5 Å². The van der Waals surface area contributed by atoms with E-state index in [-0.39, 0.29) is 5.91 Å². The van der Waals surface area contributed by atoms with Crippen molar-refractivity contribution in [1.29, 1.82) is 0 Å². The minimum atomic E-state index is -0.263. The van der Waals surface area contributed by atoms with Crippen LogP contribution in [0.4, 0.5) is 5.95 Å². The number of anilines is 1. The minimum Gasteiger partial charge on any atom is -0.439 e. The van der Waals surface area contributed by atoms with E-state index in [1.54, 1.807) is 42.2 Å². The Morgan fingerprint density at radius 1 is 1.12 bits per heavy atom. The zero-order chi connectivity index (χ0) is 24.2. The van der Waals surface area contributed by atoms with Gasteiger partial charge in [-0.05, 0) is 55.1 Å². The maximum atomic E-state index is 12.1. The molecule has 8 nitrogen and oxygen atoms in total. The number of aromatic nitrogens is 4. The highest BCUT2D eigenvalue weighted by molar-refractivity contribution is 8.00. The Bertz CT molecular complexity index is 1340. The number of aryl methyl sites for hydroxylation is 3. The summed E-state index contributed by atoms with van der Waals surface area (Å²) in [6.07, 6.45) is 3.63. The molecule has 2 aromatic heterocycles. The summed E-state index contributed by atoms with van der Waals surface area (Å²) < 4.78 is 10.9. The first-order valence-corrected chi connectivity index (χ1v) is 11.6. The summed E-state index contributed by atoms with van der Waals surface area (Å²) in [5, 5.41) is 7.14. The number of carbonyl (C=O) groups is 1. The third-order valence-electron chi connectivity index (χ3n) is 4.96. The first-order chi connectivity index (χ1) is 16.3. The minimum absolute atomic E-state index is 0.263. The number of ether oxygens (including phenoxy) is 1. The Labute approximate surface area is 206 Å². The van der Waals surface area contributed by atoms with Gasteiger partial charge in [0.2, 0.25) is 11.8 Å². The van der Waals surface area contributed by atoms with Crippen LogP contribution >= 0.6 is 23.5 Å². The number of benzene rings is 2. The molecule has 0 aliphatic rings. The van der Waals surface area contributed by atoms with E-state index >= 15 is 0 Å². The molecule has 0 fully saturated rings. The fourth-order valence-electron chi connectivity index (χ4n) is 3.44. The number of rotatable bonds is 7. The van der Waals surface area contributed by atoms with Crippen LogP contribution in [0, 0.1) is 13.8 Å². The first kappa shape index (κ1) is 23.6. The Morgan fingerprint density at radius 3 is 2.56 bits per heavy atom. The summed E-state index contributed by atoms with van der Waals surface area (Å²) in [6.45, 7) is 4.07. The lowest BCUT2D eigenvalue weighted by Crippen LogP contribution is -2.17. The SMILES string of the molecule is CNC(=O)c1cc(Cl)cc(Oc2cc(-c3c(C)cccc3C)nc(NSc3cnn(C)c3)n2)c1. The summed E-state index contributed by atoms with van der Waals surface area (Å²) in [5.41, 5.74) is 4.27. The van der Waals surface area contributed by atoms with Crippen molar-refractivity contribution in [1.82, 2.24) is 25.1 Å². The van der Waals surface area contributed by atoms with Crippen molar-refractivity contribution in [2.45, 2.75) is 18.7 Å². The van der Waals surface area contributed by atoms with E-state index < -0.39 is 0 Å². The smallest absolute Gasteiger partial charge is 0.251 e. The molecular weight excluding hydrogens is 472 g/mol. The van der Waals surface area contributed by atoms with Crippen molar-refractivity contribution in [3.63, 3.8) is 0 Å². The number of nitrogens with one attached hydrogen (secondary N) is 2. The molecule has 0 radical (unpaired) electrons. The molecule has 0 saturated heterocycles. The molecule has 0 unspecified atom stereocenters. The molecule has 4 rings (SSSR count). The predicted molar refractivity (Wildman–Crippen MR) is 135 cm³/mol. The maximum Gasteiger partial charge on any atom is 0.251 e. The number of nitrogens with zero attached hydrogens (tertiary/aromatic N) is 4. The van der Waals surface area contributed by atoms with Crippen LogP contribution in [-0.2, 0) is 7.05 Å². The fraction of sp³-hybridized carbons (Fsp3) is 0.167. The number of hydrogen-bond donors (Lipinski definition) is 2. The summed E-state index contributed by atoms with van der Waals surface area (Å²) in [6, 6.07) is 12.7. The van der Waals surface area contributed by atoms with Crippen LogP contribution < -0.4 is 14.8 Å². The third kappa shape index (κ3) is 5.49. The molecule has 0 bridgehead atoms. The average molecular weight is 495 g/mol. The normalized spacial score (nSPS) is 10.7. The highest BCUT2D eigenvalue weighted by atomic mass is 35.5. The van der Waals surface area contributed by atoms with Crippen molar-refractivity contribution in [3.8, 4) is 22.9 Å². The Balaban J connectivity index is 1.72. The van der Waals surface area contributed by atoms with E-state index in [1.807, 2.05) is 45.3 Å². The topological polar surface area (TPSA) is 94.0 Å². The van der Waals surface area contributed by atoms with Gasteiger partial charge in [-0.25, -0.2) is 4.98 Å². The fourth-order valence-corrected chi connectivity index (χ4v) is 4.27. The van der Waals surface area contributed by atoms with E-state index in [4.69, 9.17) is 21.3 Å². The molecule has 0 aliphatic heterocycles. The second-order valence-electron chi connectivity index (χ2n) is 7.59. The van der Waals surface area contributed by atoms with E-state index in [1.165, 1.54) is 11.9 Å². The Kier molecular flexibility index (Phi) is 7.04. The lowest BCUT2D eigenvalue weighted by Gasteiger charge is -2.13. The zero-order valence-corrected chi connectivity index (χ0v) is 20.7. The van der Waals surface area contributed by atoms with E-state index in [2.05, 4.69) is 20.1 Å². The van der Waals surface area contributed by atoms with Gasteiger partial charge in [-0.1, -0.05) is 29.8 Å². The molecule has 0 aliphatic carbocycles. The van der Waals surface area contributed by atoms with Crippen LogP contribution in [0.25, 0.3) is 11.3 Å². The second-order valence-corrected chi connectivity index (χ2v) is 8.91. The van der Waals surface area contributed by atoms with Crippen molar-refractivity contribution in [2.75, 3.05) is 11.8 Å². The van der Waals surface area contributed by atoms with Crippen LogP contribution in [0.5, 0.6) is 11.6 Å². The molecular formula is C24H23ClN6O2S. The summed E-state index contributed by atoms with van der Waals surface area (Å²) in [4.78, 5) is 22.3. The largest absolute Gasteiger partial charge is 0.439 e. The molecule has 34 heavy (non-hydrogen) atoms. The zero-order valence-electron chi connectivity index (χ0n) is 19.1. The standard InChI is InChI=1S/C24H23ClN6O2S/c1-14-6-5-7-15(2)22(14)20-11-21(29-24(28-20)30-34-19-12-27-31(4)13-19)33-18-9-16(23(32)26-3)8-17(25)10-18/h5-13H,1-4H3,(H,26,32)(H,28,29,30). The van der Waals surface area contributed by atoms with Gasteiger partial charge in [0.1, 0.15) is 5.75 Å². The molecule has 0 saturated carbocycles. The first-order valence-electron chi connectivity index (χ1n) is 10.4. The summed E-state index contributed by atoms with van der Waals surface area (Å²) in [5.74, 6) is 0.814. The highest BCUT2D eigenvalue weighted by Crippen LogP contribution is 2.32. The molecule has 174 valence electrons. The van der Waals surface area contributed by atoms with Gasteiger partial charge in [-0.2, -0.15) is 10.1 Å². The second kappa shape index (κ2) is 10.1. The molecule has 1 amide bonds. The molecule has 2 aromatic carbocycles. The van der Waals surface area contributed by atoms with Gasteiger partial charge >= 0.3 is 0 Å². The Hall–Kier alpha value is -3.56. The highest BCUT2D eigenvalue weighted by Gasteiger charge is 2.14. The van der Waals surface area contributed by atoms with Crippen LogP contribution in [0.2, 0.25) is 5.02 Å². The third-order valence-corrected chi connectivity index (χ3v) is 5.91. The van der Waals surface area contributed by atoms with Crippen LogP contribution in [0.3, 0.4) is 0 Å². The quantitative estimate of drug-likeness (QED) is 0.331. The van der Waals surface area contributed by atoms with Crippen molar-refractivity contribution < 1.29 is 9.53 Å². The molecule has 0 atom stereocenters. The average Bonchev–Trinajstić information content (AvgIpc) is 3.21. The van der Waals surface area contributed by atoms with Crippen molar-refractivity contribution >= 4 is 35.4 Å². The summed E-state index contributed by atoms with van der Waals surface area (Å²) in [7, 11) is 3.41. The number of amides is 1. The van der Waals surface area contributed by atoms with Crippen molar-refractivity contribution in [3.05, 3.63) is 76.6 Å².